The van der Waals surface area contributed by atoms with Crippen molar-refractivity contribution in [3.8, 4) is 0 Å². The molecule has 24 heavy (non-hydrogen) atoms. The Morgan fingerprint density at radius 1 is 1.33 bits per heavy atom. The Morgan fingerprint density at radius 3 is 2.62 bits per heavy atom. The standard InChI is InChI=1S/C13H34O4Si7/c1-11(7-9-22-17-18-19-20-21-22)12(14)15-24(6)10-8-13(2,3)16-23(24,4)5/h7,22H,8-10,18-21H2,1-6H3. The Kier molecular flexibility index (Phi) is 7.09. The summed E-state index contributed by atoms with van der Waals surface area (Å²) >= 11 is 0. The average Bonchev–Trinajstić information content (AvgIpc) is 2.49. The Bertz CT molecular complexity index is 505. The molecular weight excluding hydrogens is 417 g/mol. The molecule has 0 N–H and O–H groups in total. The molecular formula is C13H34O4Si7. The van der Waals surface area contributed by atoms with E-state index in [0.29, 0.717) is 17.1 Å². The summed E-state index contributed by atoms with van der Waals surface area (Å²) in [6.45, 7) is 13.0. The van der Waals surface area contributed by atoms with E-state index in [4.69, 9.17) is 13.0 Å². The van der Waals surface area contributed by atoms with Crippen LogP contribution in [-0.2, 0) is 17.8 Å². The summed E-state index contributed by atoms with van der Waals surface area (Å²) in [5.41, 5.74) is 0.750. The van der Waals surface area contributed by atoms with Crippen LogP contribution in [0.1, 0.15) is 27.2 Å². The van der Waals surface area contributed by atoms with E-state index in [1.807, 2.05) is 6.92 Å². The highest BCUT2D eigenvalue weighted by Gasteiger charge is 2.57. The zero-order valence-electron chi connectivity index (χ0n) is 16.2. The molecule has 2 unspecified atom stereocenters. The molecule has 0 aromatic heterocycles. The van der Waals surface area contributed by atoms with Gasteiger partial charge in [0, 0.05) is 22.7 Å². The molecule has 2 fully saturated rings. The Morgan fingerprint density at radius 2 is 2.04 bits per heavy atom. The SMILES string of the molecule is CC(=CC[SiH]1O[SiH2][SiH2][SiH2][SiH2]1)C(=O)O[Si]1(C)CCC(C)(C)O[Si]1(C)C. The predicted octanol–water partition coefficient (Wildman–Crippen LogP) is -0.880. The topological polar surface area (TPSA) is 44.8 Å². The van der Waals surface area contributed by atoms with Gasteiger partial charge in [0.2, 0.25) is 7.83 Å². The highest BCUT2D eigenvalue weighted by Crippen LogP contribution is 2.39. The molecule has 2 saturated heterocycles. The Hall–Kier alpha value is 0.648. The first-order valence-corrected chi connectivity index (χ1v) is 32.9. The van der Waals surface area contributed by atoms with Crippen LogP contribution >= 0.6 is 0 Å². The first-order chi connectivity index (χ1) is 11.0. The van der Waals surface area contributed by atoms with E-state index in [1.54, 1.807) is 0 Å². The molecule has 0 spiro atoms. The lowest BCUT2D eigenvalue weighted by Gasteiger charge is -2.49. The molecule has 0 aromatic carbocycles. The van der Waals surface area contributed by atoms with Crippen molar-refractivity contribution in [3.05, 3.63) is 11.6 Å². The lowest BCUT2D eigenvalue weighted by Crippen LogP contribution is -2.67. The van der Waals surface area contributed by atoms with Gasteiger partial charge in [0.05, 0.1) is 5.60 Å². The fourth-order valence-electron chi connectivity index (χ4n) is 3.53. The van der Waals surface area contributed by atoms with Crippen molar-refractivity contribution in [3.63, 3.8) is 0 Å². The average molecular weight is 451 g/mol. The summed E-state index contributed by atoms with van der Waals surface area (Å²) in [6.07, 6.45) is 3.15. The smallest absolute Gasteiger partial charge is 0.319 e. The maximum absolute atomic E-state index is 12.7. The minimum atomic E-state index is -2.11. The van der Waals surface area contributed by atoms with Crippen molar-refractivity contribution in [1.82, 2.24) is 0 Å². The second kappa shape index (κ2) is 8.12. The van der Waals surface area contributed by atoms with Gasteiger partial charge in [-0.1, -0.05) is 6.08 Å². The van der Waals surface area contributed by atoms with Crippen molar-refractivity contribution >= 4 is 65.1 Å². The van der Waals surface area contributed by atoms with Crippen molar-refractivity contribution in [2.75, 3.05) is 0 Å². The number of allylic oxidation sites excluding steroid dienone is 1. The van der Waals surface area contributed by atoms with Gasteiger partial charge in [-0.15, -0.1) is 0 Å². The third kappa shape index (κ3) is 5.32. The van der Waals surface area contributed by atoms with Gasteiger partial charge in [-0.25, -0.2) is 4.79 Å². The third-order valence-electron chi connectivity index (χ3n) is 5.61. The minimum Gasteiger partial charge on any atom is -0.516 e. The first-order valence-electron chi connectivity index (χ1n) is 9.27. The normalized spacial score (nSPS) is 37.1. The van der Waals surface area contributed by atoms with Crippen LogP contribution in [0.25, 0.3) is 0 Å². The summed E-state index contributed by atoms with van der Waals surface area (Å²) in [6, 6.07) is 2.14. The van der Waals surface area contributed by atoms with Crippen LogP contribution in [0, 0.1) is 0 Å². The largest absolute Gasteiger partial charge is 0.516 e. The zero-order chi connectivity index (χ0) is 18.0. The van der Waals surface area contributed by atoms with Crippen LogP contribution in [0.3, 0.4) is 0 Å². The molecule has 2 heterocycles. The predicted molar refractivity (Wildman–Crippen MR) is 121 cm³/mol. The maximum Gasteiger partial charge on any atom is 0.319 e. The summed E-state index contributed by atoms with van der Waals surface area (Å²) in [4.78, 5) is 12.7. The van der Waals surface area contributed by atoms with Gasteiger partial charge in [0.15, 0.2) is 0 Å². The molecule has 0 aliphatic carbocycles. The van der Waals surface area contributed by atoms with Crippen LogP contribution in [0.4, 0.5) is 0 Å². The maximum atomic E-state index is 12.7. The molecule has 2 rings (SSSR count). The molecule has 2 atom stereocenters. The van der Waals surface area contributed by atoms with Crippen LogP contribution in [-0.4, -0.2) is 70.7 Å². The number of carbonyl (C=O) groups excluding carboxylic acids is 1. The first kappa shape index (κ1) is 21.0. The molecule has 2 aliphatic heterocycles. The summed E-state index contributed by atoms with van der Waals surface area (Å²) in [5, 5.41) is 0. The highest BCUT2D eigenvalue weighted by atomic mass is 29.9. The second-order valence-corrected chi connectivity index (χ2v) is 55.1. The summed E-state index contributed by atoms with van der Waals surface area (Å²) in [5.74, 6) is -0.0802. The number of hydrogen-bond acceptors (Lipinski definition) is 4. The minimum absolute atomic E-state index is 0.0121. The molecule has 0 radical (unpaired) electrons. The number of hydrogen-bond donors (Lipinski definition) is 0. The molecule has 0 aromatic rings. The Balaban J connectivity index is 1.96. The second-order valence-electron chi connectivity index (χ2n) is 8.60. The van der Waals surface area contributed by atoms with Crippen LogP contribution < -0.4 is 0 Å². The molecule has 4 nitrogen and oxygen atoms in total. The zero-order valence-corrected chi connectivity index (χ0v) is 25.0. The Labute approximate surface area is 158 Å². The van der Waals surface area contributed by atoms with E-state index in [9.17, 15) is 4.79 Å². The summed E-state index contributed by atoms with van der Waals surface area (Å²) in [7, 11) is -3.80. The fraction of sp³-hybridized carbons (Fsp3) is 0.769. The van der Waals surface area contributed by atoms with Gasteiger partial charge in [-0.05, 0) is 67.5 Å². The molecule has 0 bridgehead atoms. The molecule has 11 heteroatoms. The van der Waals surface area contributed by atoms with E-state index in [2.05, 4.69) is 39.6 Å². The van der Waals surface area contributed by atoms with E-state index in [1.165, 1.54) is 0 Å². The van der Waals surface area contributed by atoms with Gasteiger partial charge in [-0.2, -0.15) is 0 Å². The summed E-state index contributed by atoms with van der Waals surface area (Å²) < 4.78 is 18.8. The van der Waals surface area contributed by atoms with E-state index >= 15 is 0 Å². The van der Waals surface area contributed by atoms with E-state index in [-0.39, 0.29) is 29.4 Å². The molecule has 0 saturated carbocycles. The van der Waals surface area contributed by atoms with Crippen molar-refractivity contribution < 1.29 is 17.8 Å². The molecule has 138 valence electrons. The van der Waals surface area contributed by atoms with E-state index < -0.39 is 24.2 Å². The van der Waals surface area contributed by atoms with E-state index in [0.717, 1.165) is 24.1 Å². The quantitative estimate of drug-likeness (QED) is 0.412. The highest BCUT2D eigenvalue weighted by molar-refractivity contribution is 7.58. The van der Waals surface area contributed by atoms with Gasteiger partial charge in [0.1, 0.15) is 17.8 Å². The lowest BCUT2D eigenvalue weighted by atomic mass is 10.1. The van der Waals surface area contributed by atoms with Gasteiger partial charge in [-0.3, -0.25) is 0 Å². The van der Waals surface area contributed by atoms with Crippen LogP contribution in [0.2, 0.25) is 31.7 Å². The van der Waals surface area contributed by atoms with Gasteiger partial charge >= 0.3 is 5.97 Å². The number of carbonyl (C=O) groups is 1. The third-order valence-corrected chi connectivity index (χ3v) is 77.4. The monoisotopic (exact) mass is 450 g/mol. The van der Waals surface area contributed by atoms with Gasteiger partial charge < -0.3 is 13.0 Å². The van der Waals surface area contributed by atoms with Crippen molar-refractivity contribution in [1.29, 1.82) is 0 Å². The van der Waals surface area contributed by atoms with Crippen LogP contribution in [0.15, 0.2) is 11.6 Å². The molecule has 0 amide bonds. The van der Waals surface area contributed by atoms with Crippen molar-refractivity contribution in [2.45, 2.75) is 64.5 Å². The van der Waals surface area contributed by atoms with Crippen LogP contribution in [0.5, 0.6) is 0 Å². The van der Waals surface area contributed by atoms with Gasteiger partial charge in [0.25, 0.3) is 7.83 Å². The number of rotatable bonds is 4. The molecule has 2 aliphatic rings. The lowest BCUT2D eigenvalue weighted by molar-refractivity contribution is -0.131. The fourth-order valence-corrected chi connectivity index (χ4v) is 101. The van der Waals surface area contributed by atoms with Crippen molar-refractivity contribution in [2.24, 2.45) is 0 Å².